The Balaban J connectivity index is 2.44. The van der Waals surface area contributed by atoms with Crippen LogP contribution < -0.4 is 5.32 Å². The van der Waals surface area contributed by atoms with Gasteiger partial charge in [-0.3, -0.25) is 10.1 Å². The Labute approximate surface area is 93.7 Å². The van der Waals surface area contributed by atoms with Gasteiger partial charge in [-0.15, -0.1) is 11.3 Å². The van der Waals surface area contributed by atoms with Gasteiger partial charge in [-0.05, 0) is 13.3 Å². The van der Waals surface area contributed by atoms with Crippen molar-refractivity contribution in [3.05, 3.63) is 16.1 Å². The highest BCUT2D eigenvalue weighted by Crippen LogP contribution is 2.08. The first-order valence-corrected chi connectivity index (χ1v) is 5.77. The molecule has 1 N–H and O–H groups in total. The van der Waals surface area contributed by atoms with Crippen molar-refractivity contribution < 1.29 is 9.53 Å². The van der Waals surface area contributed by atoms with Crippen LogP contribution in [-0.2, 0) is 16.1 Å². The van der Waals surface area contributed by atoms with Gasteiger partial charge in [0.15, 0.2) is 0 Å². The minimum Gasteiger partial charge on any atom is -0.468 e. The van der Waals surface area contributed by atoms with E-state index in [0.717, 1.165) is 17.1 Å². The van der Waals surface area contributed by atoms with Crippen molar-refractivity contribution in [2.45, 2.75) is 32.9 Å². The maximum Gasteiger partial charge on any atom is 0.322 e. The zero-order valence-electron chi connectivity index (χ0n) is 9.24. The summed E-state index contributed by atoms with van der Waals surface area (Å²) in [5, 5.41) is 6.11. The number of nitrogens with zero attached hydrogens (tertiary/aromatic N) is 1. The van der Waals surface area contributed by atoms with E-state index in [1.807, 2.05) is 19.2 Å². The van der Waals surface area contributed by atoms with E-state index in [2.05, 4.69) is 15.0 Å². The molecule has 1 aromatic rings. The molecule has 0 aliphatic carbocycles. The maximum atomic E-state index is 11.3. The molecule has 15 heavy (non-hydrogen) atoms. The van der Waals surface area contributed by atoms with E-state index in [9.17, 15) is 4.79 Å². The molecular formula is C10H16N2O2S. The molecule has 0 aliphatic rings. The molecule has 0 aromatic carbocycles. The number of thiazole rings is 1. The first kappa shape index (κ1) is 12.1. The molecule has 5 heteroatoms. The van der Waals surface area contributed by atoms with Crippen molar-refractivity contribution >= 4 is 17.3 Å². The average molecular weight is 228 g/mol. The summed E-state index contributed by atoms with van der Waals surface area (Å²) in [6, 6.07) is -0.237. The first-order valence-electron chi connectivity index (χ1n) is 4.89. The number of esters is 1. The standard InChI is InChI=1S/C10H16N2O2S/c1-4-8(10(13)14-3)11-5-9-12-7(2)6-15-9/h6,8,11H,4-5H2,1-3H3. The Kier molecular flexibility index (Phi) is 4.71. The van der Waals surface area contributed by atoms with Crippen LogP contribution in [0.4, 0.5) is 0 Å². The lowest BCUT2D eigenvalue weighted by Crippen LogP contribution is -2.36. The van der Waals surface area contributed by atoms with Crippen LogP contribution in [0, 0.1) is 6.92 Å². The average Bonchev–Trinajstić information content (AvgIpc) is 2.64. The van der Waals surface area contributed by atoms with E-state index in [1.165, 1.54) is 7.11 Å². The number of rotatable bonds is 5. The molecule has 0 bridgehead atoms. The minimum absolute atomic E-state index is 0.217. The zero-order chi connectivity index (χ0) is 11.3. The molecule has 84 valence electrons. The van der Waals surface area contributed by atoms with Gasteiger partial charge in [-0.2, -0.15) is 0 Å². The molecule has 0 fully saturated rings. The lowest BCUT2D eigenvalue weighted by molar-refractivity contribution is -0.143. The fourth-order valence-electron chi connectivity index (χ4n) is 1.23. The van der Waals surface area contributed by atoms with Gasteiger partial charge in [-0.25, -0.2) is 4.98 Å². The normalized spacial score (nSPS) is 12.5. The molecule has 1 rings (SSSR count). The van der Waals surface area contributed by atoms with E-state index < -0.39 is 0 Å². The summed E-state index contributed by atoms with van der Waals surface area (Å²) >= 11 is 1.60. The van der Waals surface area contributed by atoms with Crippen molar-refractivity contribution in [1.29, 1.82) is 0 Å². The van der Waals surface area contributed by atoms with Crippen molar-refractivity contribution in [2.75, 3.05) is 7.11 Å². The molecule has 4 nitrogen and oxygen atoms in total. The summed E-state index contributed by atoms with van der Waals surface area (Å²) < 4.78 is 4.68. The van der Waals surface area contributed by atoms with Crippen LogP contribution in [0.15, 0.2) is 5.38 Å². The van der Waals surface area contributed by atoms with Gasteiger partial charge >= 0.3 is 5.97 Å². The van der Waals surface area contributed by atoms with Crippen molar-refractivity contribution in [2.24, 2.45) is 0 Å². The van der Waals surface area contributed by atoms with Crippen LogP contribution in [0.3, 0.4) is 0 Å². The van der Waals surface area contributed by atoms with E-state index in [4.69, 9.17) is 0 Å². The molecule has 0 spiro atoms. The van der Waals surface area contributed by atoms with Crippen LogP contribution >= 0.6 is 11.3 Å². The summed E-state index contributed by atoms with van der Waals surface area (Å²) in [7, 11) is 1.40. The number of aryl methyl sites for hydroxylation is 1. The van der Waals surface area contributed by atoms with Gasteiger partial charge in [0.2, 0.25) is 0 Å². The predicted molar refractivity (Wildman–Crippen MR) is 59.8 cm³/mol. The highest BCUT2D eigenvalue weighted by atomic mass is 32.1. The van der Waals surface area contributed by atoms with Gasteiger partial charge in [-0.1, -0.05) is 6.92 Å². The maximum absolute atomic E-state index is 11.3. The van der Waals surface area contributed by atoms with E-state index in [0.29, 0.717) is 6.54 Å². The molecule has 0 aliphatic heterocycles. The van der Waals surface area contributed by atoms with Crippen LogP contribution in [0.25, 0.3) is 0 Å². The Morgan fingerprint density at radius 3 is 2.93 bits per heavy atom. The Morgan fingerprint density at radius 1 is 1.73 bits per heavy atom. The Morgan fingerprint density at radius 2 is 2.47 bits per heavy atom. The van der Waals surface area contributed by atoms with Crippen LogP contribution in [0.5, 0.6) is 0 Å². The molecule has 0 saturated heterocycles. The third-order valence-corrected chi connectivity index (χ3v) is 3.03. The largest absolute Gasteiger partial charge is 0.468 e. The monoisotopic (exact) mass is 228 g/mol. The third-order valence-electron chi connectivity index (χ3n) is 2.06. The third kappa shape index (κ3) is 3.60. The lowest BCUT2D eigenvalue weighted by Gasteiger charge is -2.12. The van der Waals surface area contributed by atoms with E-state index >= 15 is 0 Å². The van der Waals surface area contributed by atoms with E-state index in [1.54, 1.807) is 11.3 Å². The molecular weight excluding hydrogens is 212 g/mol. The molecule has 1 aromatic heterocycles. The molecule has 0 radical (unpaired) electrons. The smallest absolute Gasteiger partial charge is 0.322 e. The van der Waals surface area contributed by atoms with Gasteiger partial charge in [0.05, 0.1) is 7.11 Å². The molecule has 1 unspecified atom stereocenters. The lowest BCUT2D eigenvalue weighted by atomic mass is 10.2. The number of hydrogen-bond donors (Lipinski definition) is 1. The SMILES string of the molecule is CCC(NCc1nc(C)cs1)C(=O)OC. The van der Waals surface area contributed by atoms with Gasteiger partial charge < -0.3 is 4.74 Å². The first-order chi connectivity index (χ1) is 7.17. The van der Waals surface area contributed by atoms with Crippen molar-refractivity contribution in [3.8, 4) is 0 Å². The van der Waals surface area contributed by atoms with Gasteiger partial charge in [0.25, 0.3) is 0 Å². The predicted octanol–water partition coefficient (Wildman–Crippen LogP) is 1.49. The topological polar surface area (TPSA) is 51.2 Å². The summed E-state index contributed by atoms with van der Waals surface area (Å²) in [6.07, 6.45) is 0.719. The summed E-state index contributed by atoms with van der Waals surface area (Å²) in [4.78, 5) is 15.6. The second-order valence-electron chi connectivity index (χ2n) is 3.25. The zero-order valence-corrected chi connectivity index (χ0v) is 10.1. The second kappa shape index (κ2) is 5.82. The van der Waals surface area contributed by atoms with Crippen LogP contribution in [0.2, 0.25) is 0 Å². The second-order valence-corrected chi connectivity index (χ2v) is 4.19. The van der Waals surface area contributed by atoms with E-state index in [-0.39, 0.29) is 12.0 Å². The molecule has 0 saturated carbocycles. The fraction of sp³-hybridized carbons (Fsp3) is 0.600. The Hall–Kier alpha value is -0.940. The van der Waals surface area contributed by atoms with Crippen LogP contribution in [0.1, 0.15) is 24.0 Å². The van der Waals surface area contributed by atoms with Gasteiger partial charge in [0.1, 0.15) is 11.0 Å². The Bertz CT molecular complexity index is 325. The summed E-state index contributed by atoms with van der Waals surface area (Å²) in [5.74, 6) is -0.217. The number of carbonyl (C=O) groups excluding carboxylic acids is 1. The van der Waals surface area contributed by atoms with Crippen molar-refractivity contribution in [1.82, 2.24) is 10.3 Å². The quantitative estimate of drug-likeness (QED) is 0.776. The minimum atomic E-state index is -0.237. The number of methoxy groups -OCH3 is 1. The number of carbonyl (C=O) groups is 1. The molecule has 0 amide bonds. The van der Waals surface area contributed by atoms with Crippen molar-refractivity contribution in [3.63, 3.8) is 0 Å². The van der Waals surface area contributed by atoms with Crippen LogP contribution in [-0.4, -0.2) is 24.1 Å². The number of nitrogens with one attached hydrogen (secondary N) is 1. The molecule has 1 heterocycles. The molecule has 1 atom stereocenters. The highest BCUT2D eigenvalue weighted by Gasteiger charge is 2.16. The number of aromatic nitrogens is 1. The summed E-state index contributed by atoms with van der Waals surface area (Å²) in [5.41, 5.74) is 1.02. The number of hydrogen-bond acceptors (Lipinski definition) is 5. The fourth-order valence-corrected chi connectivity index (χ4v) is 1.95. The summed E-state index contributed by atoms with van der Waals surface area (Å²) in [6.45, 7) is 4.52. The number of ether oxygens (including phenoxy) is 1. The highest BCUT2D eigenvalue weighted by molar-refractivity contribution is 7.09. The van der Waals surface area contributed by atoms with Gasteiger partial charge in [0, 0.05) is 17.6 Å².